The lowest BCUT2D eigenvalue weighted by Crippen LogP contribution is -2.22. The highest BCUT2D eigenvalue weighted by atomic mass is 15.4. The van der Waals surface area contributed by atoms with E-state index in [9.17, 15) is 0 Å². The van der Waals surface area contributed by atoms with E-state index in [1.807, 2.05) is 28.0 Å². The zero-order valence-corrected chi connectivity index (χ0v) is 11.2. The average Bonchev–Trinajstić information content (AvgIpc) is 2.95. The summed E-state index contributed by atoms with van der Waals surface area (Å²) in [5, 5.41) is 11.6. The molecule has 6 heteroatoms. The fourth-order valence-electron chi connectivity index (χ4n) is 1.55. The van der Waals surface area contributed by atoms with Crippen LogP contribution in [0.5, 0.6) is 0 Å². The molecule has 0 unspecified atom stereocenters. The molecular formula is C12H20N6. The largest absolute Gasteiger partial charge is 0.336 e. The first-order valence-electron chi connectivity index (χ1n) is 6.14. The molecule has 0 atom stereocenters. The van der Waals surface area contributed by atoms with Gasteiger partial charge in [0.2, 0.25) is 0 Å². The number of imidazole rings is 1. The molecule has 0 aliphatic carbocycles. The number of nitrogens with one attached hydrogen (secondary N) is 1. The van der Waals surface area contributed by atoms with Crippen molar-refractivity contribution >= 4 is 0 Å². The van der Waals surface area contributed by atoms with Crippen LogP contribution in [0.2, 0.25) is 0 Å². The zero-order valence-electron chi connectivity index (χ0n) is 11.2. The SMILES string of the molecule is CC(C)(C)n1cc(CNCCn2ccnc2)nn1. The van der Waals surface area contributed by atoms with Crippen molar-refractivity contribution in [1.82, 2.24) is 29.9 Å². The van der Waals surface area contributed by atoms with E-state index < -0.39 is 0 Å². The molecule has 2 aromatic rings. The van der Waals surface area contributed by atoms with Gasteiger partial charge in [0.25, 0.3) is 0 Å². The number of rotatable bonds is 5. The van der Waals surface area contributed by atoms with Gasteiger partial charge >= 0.3 is 0 Å². The van der Waals surface area contributed by atoms with Crippen LogP contribution in [0.1, 0.15) is 26.5 Å². The predicted molar refractivity (Wildman–Crippen MR) is 69.0 cm³/mol. The highest BCUT2D eigenvalue weighted by molar-refractivity contribution is 4.94. The standard InChI is InChI=1S/C12H20N6/c1-12(2,3)18-9-11(15-16-18)8-13-4-6-17-7-5-14-10-17/h5,7,9-10,13H,4,6,8H2,1-3H3. The Bertz CT molecular complexity index is 465. The van der Waals surface area contributed by atoms with E-state index in [0.29, 0.717) is 0 Å². The molecule has 0 radical (unpaired) electrons. The monoisotopic (exact) mass is 248 g/mol. The first-order chi connectivity index (χ1) is 8.55. The minimum Gasteiger partial charge on any atom is -0.336 e. The lowest BCUT2D eigenvalue weighted by atomic mass is 10.1. The minimum atomic E-state index is -0.0118. The molecule has 0 aliphatic heterocycles. The molecule has 0 aliphatic rings. The van der Waals surface area contributed by atoms with Crippen LogP contribution in [-0.4, -0.2) is 31.1 Å². The number of hydrogen-bond acceptors (Lipinski definition) is 4. The van der Waals surface area contributed by atoms with E-state index in [1.54, 1.807) is 6.20 Å². The molecule has 0 bridgehead atoms. The summed E-state index contributed by atoms with van der Waals surface area (Å²) in [6.45, 7) is 8.87. The summed E-state index contributed by atoms with van der Waals surface area (Å²) < 4.78 is 3.93. The summed E-state index contributed by atoms with van der Waals surface area (Å²) in [6, 6.07) is 0. The van der Waals surface area contributed by atoms with Crippen molar-refractivity contribution in [3.05, 3.63) is 30.6 Å². The lowest BCUT2D eigenvalue weighted by Gasteiger charge is -2.17. The van der Waals surface area contributed by atoms with Crippen molar-refractivity contribution in [2.45, 2.75) is 39.4 Å². The number of aromatic nitrogens is 5. The fourth-order valence-corrected chi connectivity index (χ4v) is 1.55. The van der Waals surface area contributed by atoms with Gasteiger partial charge in [0.15, 0.2) is 0 Å². The summed E-state index contributed by atoms with van der Waals surface area (Å²) in [5.41, 5.74) is 0.956. The molecule has 1 N–H and O–H groups in total. The normalized spacial score (nSPS) is 11.9. The smallest absolute Gasteiger partial charge is 0.0965 e. The third-order valence-electron chi connectivity index (χ3n) is 2.64. The molecular weight excluding hydrogens is 228 g/mol. The Labute approximate surface area is 107 Å². The fraction of sp³-hybridized carbons (Fsp3) is 0.583. The van der Waals surface area contributed by atoms with Crippen LogP contribution < -0.4 is 5.32 Å². The summed E-state index contributed by atoms with van der Waals surface area (Å²) in [4.78, 5) is 4.00. The second-order valence-corrected chi connectivity index (χ2v) is 5.30. The van der Waals surface area contributed by atoms with Crippen LogP contribution in [0.3, 0.4) is 0 Å². The quantitative estimate of drug-likeness (QED) is 0.803. The summed E-state index contributed by atoms with van der Waals surface area (Å²) in [5.74, 6) is 0. The van der Waals surface area contributed by atoms with Crippen molar-refractivity contribution in [1.29, 1.82) is 0 Å². The molecule has 2 heterocycles. The van der Waals surface area contributed by atoms with E-state index in [-0.39, 0.29) is 5.54 Å². The Morgan fingerprint density at radius 1 is 1.33 bits per heavy atom. The molecule has 0 aromatic carbocycles. The molecule has 2 rings (SSSR count). The number of hydrogen-bond donors (Lipinski definition) is 1. The first kappa shape index (κ1) is 12.8. The van der Waals surface area contributed by atoms with Crippen LogP contribution >= 0.6 is 0 Å². The molecule has 2 aromatic heterocycles. The van der Waals surface area contributed by atoms with Crippen LogP contribution in [0.15, 0.2) is 24.9 Å². The van der Waals surface area contributed by atoms with Gasteiger partial charge in [-0.25, -0.2) is 9.67 Å². The van der Waals surface area contributed by atoms with Gasteiger partial charge in [-0.1, -0.05) is 5.21 Å². The van der Waals surface area contributed by atoms with Gasteiger partial charge in [-0.2, -0.15) is 0 Å². The maximum Gasteiger partial charge on any atom is 0.0965 e. The van der Waals surface area contributed by atoms with Gasteiger partial charge in [-0.3, -0.25) is 0 Å². The van der Waals surface area contributed by atoms with E-state index >= 15 is 0 Å². The Morgan fingerprint density at radius 2 is 2.17 bits per heavy atom. The molecule has 0 spiro atoms. The Balaban J connectivity index is 1.75. The summed E-state index contributed by atoms with van der Waals surface area (Å²) >= 11 is 0. The predicted octanol–water partition coefficient (Wildman–Crippen LogP) is 1.02. The summed E-state index contributed by atoms with van der Waals surface area (Å²) in [7, 11) is 0. The zero-order chi connectivity index (χ0) is 13.0. The lowest BCUT2D eigenvalue weighted by molar-refractivity contribution is 0.347. The topological polar surface area (TPSA) is 60.6 Å². The third kappa shape index (κ3) is 3.40. The third-order valence-corrected chi connectivity index (χ3v) is 2.64. The van der Waals surface area contributed by atoms with Crippen molar-refractivity contribution < 1.29 is 0 Å². The molecule has 0 saturated heterocycles. The van der Waals surface area contributed by atoms with Crippen LogP contribution in [0, 0.1) is 0 Å². The van der Waals surface area contributed by atoms with Gasteiger partial charge in [0.1, 0.15) is 0 Å². The first-order valence-corrected chi connectivity index (χ1v) is 6.14. The average molecular weight is 248 g/mol. The highest BCUT2D eigenvalue weighted by Crippen LogP contribution is 2.11. The van der Waals surface area contributed by atoms with Crippen LogP contribution in [0.25, 0.3) is 0 Å². The van der Waals surface area contributed by atoms with Crippen molar-refractivity contribution in [2.75, 3.05) is 6.54 Å². The summed E-state index contributed by atoms with van der Waals surface area (Å²) in [6.07, 6.45) is 7.55. The maximum absolute atomic E-state index is 4.15. The van der Waals surface area contributed by atoms with E-state index in [0.717, 1.165) is 25.3 Å². The van der Waals surface area contributed by atoms with Gasteiger partial charge in [0, 0.05) is 32.0 Å². The van der Waals surface area contributed by atoms with Crippen molar-refractivity contribution in [3.63, 3.8) is 0 Å². The van der Waals surface area contributed by atoms with Crippen LogP contribution in [-0.2, 0) is 18.6 Å². The van der Waals surface area contributed by atoms with Crippen molar-refractivity contribution in [2.24, 2.45) is 0 Å². The Hall–Kier alpha value is -1.69. The van der Waals surface area contributed by atoms with E-state index in [2.05, 4.69) is 41.4 Å². The maximum atomic E-state index is 4.15. The molecule has 6 nitrogen and oxygen atoms in total. The molecule has 0 amide bonds. The second kappa shape index (κ2) is 5.30. The van der Waals surface area contributed by atoms with Gasteiger partial charge in [0.05, 0.1) is 23.8 Å². The number of nitrogens with zero attached hydrogens (tertiary/aromatic N) is 5. The Kier molecular flexibility index (Phi) is 3.76. The molecule has 0 fully saturated rings. The highest BCUT2D eigenvalue weighted by Gasteiger charge is 2.14. The van der Waals surface area contributed by atoms with Gasteiger partial charge in [-0.05, 0) is 20.8 Å². The molecule has 18 heavy (non-hydrogen) atoms. The van der Waals surface area contributed by atoms with E-state index in [4.69, 9.17) is 0 Å². The molecule has 98 valence electrons. The Morgan fingerprint density at radius 3 is 2.78 bits per heavy atom. The van der Waals surface area contributed by atoms with Crippen molar-refractivity contribution in [3.8, 4) is 0 Å². The molecule has 0 saturated carbocycles. The van der Waals surface area contributed by atoms with Gasteiger partial charge in [-0.15, -0.1) is 5.10 Å². The minimum absolute atomic E-state index is 0.0118. The van der Waals surface area contributed by atoms with Crippen LogP contribution in [0.4, 0.5) is 0 Å². The second-order valence-electron chi connectivity index (χ2n) is 5.30. The van der Waals surface area contributed by atoms with Gasteiger partial charge < -0.3 is 9.88 Å². The van der Waals surface area contributed by atoms with E-state index in [1.165, 1.54) is 0 Å².